The summed E-state index contributed by atoms with van der Waals surface area (Å²) in [6, 6.07) is 10.8. The van der Waals surface area contributed by atoms with Crippen LogP contribution in [0.3, 0.4) is 0 Å². The van der Waals surface area contributed by atoms with E-state index in [1.807, 2.05) is 19.1 Å². The fourth-order valence-corrected chi connectivity index (χ4v) is 2.00. The zero-order valence-electron chi connectivity index (χ0n) is 11.0. The van der Waals surface area contributed by atoms with Crippen LogP contribution in [0.4, 0.5) is 0 Å². The topological polar surface area (TPSA) is 71.9 Å². The first kappa shape index (κ1) is 14.3. The first-order chi connectivity index (χ1) is 9.61. The highest BCUT2D eigenvalue weighted by Gasteiger charge is 2.10. The molecule has 0 saturated carbocycles. The van der Waals surface area contributed by atoms with Gasteiger partial charge < -0.3 is 10.5 Å². The molecule has 2 N–H and O–H groups in total. The average molecular weight is 288 g/mol. The monoisotopic (exact) mass is 287 g/mol. The molecule has 1 atom stereocenters. The molecule has 0 spiro atoms. The lowest BCUT2D eigenvalue weighted by molar-refractivity contribution is 0.300. The Hall–Kier alpha value is -2.09. The molecule has 20 heavy (non-hydrogen) atoms. The van der Waals surface area contributed by atoms with E-state index in [4.69, 9.17) is 27.3 Å². The number of halogens is 1. The van der Waals surface area contributed by atoms with E-state index in [0.29, 0.717) is 16.5 Å². The summed E-state index contributed by atoms with van der Waals surface area (Å²) in [5, 5.41) is 9.60. The van der Waals surface area contributed by atoms with Crippen LogP contribution < -0.4 is 10.5 Å². The molecular formula is C15H14ClN3O. The zero-order valence-corrected chi connectivity index (χ0v) is 11.8. The minimum atomic E-state index is -0.187. The Kier molecular flexibility index (Phi) is 4.57. The highest BCUT2D eigenvalue weighted by Crippen LogP contribution is 2.28. The molecular weight excluding hydrogens is 274 g/mol. The fraction of sp³-hybridized carbons (Fsp3) is 0.200. The summed E-state index contributed by atoms with van der Waals surface area (Å²) in [5.41, 5.74) is 7.84. The first-order valence-corrected chi connectivity index (χ1v) is 6.51. The number of hydrogen-bond acceptors (Lipinski definition) is 4. The maximum atomic E-state index is 8.99. The van der Waals surface area contributed by atoms with Crippen molar-refractivity contribution in [1.82, 2.24) is 4.98 Å². The van der Waals surface area contributed by atoms with Crippen LogP contribution >= 0.6 is 11.6 Å². The van der Waals surface area contributed by atoms with Crippen LogP contribution in [0.2, 0.25) is 5.02 Å². The number of nitrogens with two attached hydrogens (primary N) is 1. The summed E-state index contributed by atoms with van der Waals surface area (Å²) in [6.45, 7) is 2.13. The van der Waals surface area contributed by atoms with Crippen molar-refractivity contribution in [2.24, 2.45) is 5.73 Å². The standard InChI is InChI=1S/C15H14ClN3O/c1-10(18)13-7-12(16)4-5-15(13)20-9-11-3-2-6-19-14(11)8-17/h2-7,10H,9,18H2,1H3/t10-/m0/s1. The largest absolute Gasteiger partial charge is 0.488 e. The molecule has 0 aliphatic heterocycles. The number of nitriles is 1. The maximum Gasteiger partial charge on any atom is 0.147 e. The number of nitrogens with zero attached hydrogens (tertiary/aromatic N) is 2. The predicted octanol–water partition coefficient (Wildman–Crippen LogP) is 3.21. The molecule has 0 radical (unpaired) electrons. The van der Waals surface area contributed by atoms with E-state index in [2.05, 4.69) is 4.98 Å². The number of ether oxygens (including phenoxy) is 1. The quantitative estimate of drug-likeness (QED) is 0.937. The molecule has 5 heteroatoms. The van der Waals surface area contributed by atoms with Gasteiger partial charge in [0, 0.05) is 28.4 Å². The molecule has 4 nitrogen and oxygen atoms in total. The van der Waals surface area contributed by atoms with Gasteiger partial charge in [-0.15, -0.1) is 0 Å². The molecule has 0 fully saturated rings. The molecule has 0 bridgehead atoms. The van der Waals surface area contributed by atoms with Crippen molar-refractivity contribution < 1.29 is 4.74 Å². The predicted molar refractivity (Wildman–Crippen MR) is 77.3 cm³/mol. The molecule has 2 aromatic rings. The van der Waals surface area contributed by atoms with Crippen LogP contribution in [0.1, 0.15) is 29.8 Å². The molecule has 2 rings (SSSR count). The number of benzene rings is 1. The van der Waals surface area contributed by atoms with Crippen molar-refractivity contribution in [3.05, 3.63) is 58.4 Å². The Bertz CT molecular complexity index is 650. The maximum absolute atomic E-state index is 8.99. The Labute approximate surface area is 122 Å². The van der Waals surface area contributed by atoms with Gasteiger partial charge in [0.05, 0.1) is 0 Å². The fourth-order valence-electron chi connectivity index (χ4n) is 1.82. The summed E-state index contributed by atoms with van der Waals surface area (Å²) in [4.78, 5) is 3.99. The molecule has 0 aliphatic rings. The van der Waals surface area contributed by atoms with E-state index >= 15 is 0 Å². The van der Waals surface area contributed by atoms with Crippen molar-refractivity contribution in [3.63, 3.8) is 0 Å². The van der Waals surface area contributed by atoms with Crippen molar-refractivity contribution in [2.75, 3.05) is 0 Å². The normalized spacial score (nSPS) is 11.7. The van der Waals surface area contributed by atoms with Gasteiger partial charge in [0.25, 0.3) is 0 Å². The van der Waals surface area contributed by atoms with Gasteiger partial charge in [-0.1, -0.05) is 17.7 Å². The van der Waals surface area contributed by atoms with Crippen molar-refractivity contribution in [3.8, 4) is 11.8 Å². The number of rotatable bonds is 4. The van der Waals surface area contributed by atoms with E-state index < -0.39 is 0 Å². The third kappa shape index (κ3) is 3.27. The number of aromatic nitrogens is 1. The lowest BCUT2D eigenvalue weighted by Crippen LogP contribution is -2.08. The minimum absolute atomic E-state index is 0.187. The van der Waals surface area contributed by atoms with Gasteiger partial charge in [0.15, 0.2) is 0 Å². The lowest BCUT2D eigenvalue weighted by atomic mass is 10.1. The van der Waals surface area contributed by atoms with Gasteiger partial charge in [0.2, 0.25) is 0 Å². The van der Waals surface area contributed by atoms with E-state index in [1.165, 1.54) is 0 Å². The molecule has 1 aromatic carbocycles. The van der Waals surface area contributed by atoms with E-state index in [1.54, 1.807) is 30.5 Å². The van der Waals surface area contributed by atoms with Crippen LogP contribution in [-0.4, -0.2) is 4.98 Å². The third-order valence-electron chi connectivity index (χ3n) is 2.84. The summed E-state index contributed by atoms with van der Waals surface area (Å²) >= 11 is 5.96. The van der Waals surface area contributed by atoms with Crippen LogP contribution in [0.15, 0.2) is 36.5 Å². The average Bonchev–Trinajstić information content (AvgIpc) is 2.46. The van der Waals surface area contributed by atoms with Gasteiger partial charge in [-0.25, -0.2) is 4.98 Å². The molecule has 1 aromatic heterocycles. The van der Waals surface area contributed by atoms with Crippen LogP contribution in [-0.2, 0) is 6.61 Å². The zero-order chi connectivity index (χ0) is 14.5. The summed E-state index contributed by atoms with van der Waals surface area (Å²) < 4.78 is 5.75. The Morgan fingerprint density at radius 2 is 2.25 bits per heavy atom. The summed E-state index contributed by atoms with van der Waals surface area (Å²) in [6.07, 6.45) is 1.58. The molecule has 1 heterocycles. The molecule has 0 amide bonds. The Morgan fingerprint density at radius 1 is 1.45 bits per heavy atom. The second-order valence-corrected chi connectivity index (χ2v) is 4.82. The smallest absolute Gasteiger partial charge is 0.147 e. The minimum Gasteiger partial charge on any atom is -0.488 e. The highest BCUT2D eigenvalue weighted by atomic mass is 35.5. The SMILES string of the molecule is C[C@H](N)c1cc(Cl)ccc1OCc1cccnc1C#N. The number of hydrogen-bond donors (Lipinski definition) is 1. The van der Waals surface area contributed by atoms with E-state index in [0.717, 1.165) is 11.1 Å². The van der Waals surface area contributed by atoms with Gasteiger partial charge in [-0.05, 0) is 31.2 Å². The molecule has 102 valence electrons. The Morgan fingerprint density at radius 3 is 2.95 bits per heavy atom. The molecule has 0 aliphatic carbocycles. The van der Waals surface area contributed by atoms with Gasteiger partial charge in [0.1, 0.15) is 24.1 Å². The van der Waals surface area contributed by atoms with Crippen molar-refractivity contribution >= 4 is 11.6 Å². The van der Waals surface area contributed by atoms with Gasteiger partial charge in [-0.3, -0.25) is 0 Å². The Balaban J connectivity index is 2.21. The summed E-state index contributed by atoms with van der Waals surface area (Å²) in [5.74, 6) is 0.664. The second-order valence-electron chi connectivity index (χ2n) is 4.38. The summed E-state index contributed by atoms with van der Waals surface area (Å²) in [7, 11) is 0. The van der Waals surface area contributed by atoms with E-state index in [9.17, 15) is 0 Å². The van der Waals surface area contributed by atoms with Gasteiger partial charge >= 0.3 is 0 Å². The second kappa shape index (κ2) is 6.38. The number of pyridine rings is 1. The molecule has 0 saturated heterocycles. The van der Waals surface area contributed by atoms with Gasteiger partial charge in [-0.2, -0.15) is 5.26 Å². The third-order valence-corrected chi connectivity index (χ3v) is 3.08. The van der Waals surface area contributed by atoms with Crippen molar-refractivity contribution in [2.45, 2.75) is 19.6 Å². The lowest BCUT2D eigenvalue weighted by Gasteiger charge is -2.14. The molecule has 0 unspecified atom stereocenters. The van der Waals surface area contributed by atoms with Crippen molar-refractivity contribution in [1.29, 1.82) is 5.26 Å². The van der Waals surface area contributed by atoms with Crippen LogP contribution in [0.5, 0.6) is 5.75 Å². The highest BCUT2D eigenvalue weighted by molar-refractivity contribution is 6.30. The van der Waals surface area contributed by atoms with E-state index in [-0.39, 0.29) is 12.6 Å². The van der Waals surface area contributed by atoms with Crippen LogP contribution in [0.25, 0.3) is 0 Å². The first-order valence-electron chi connectivity index (χ1n) is 6.13. The van der Waals surface area contributed by atoms with Crippen LogP contribution in [0, 0.1) is 11.3 Å².